The first kappa shape index (κ1) is 25.0. The number of benzene rings is 2. The average molecular weight is 534 g/mol. The second-order valence-corrected chi connectivity index (χ2v) is 10.5. The number of anilines is 1. The molecule has 2 atom stereocenters. The molecule has 0 bridgehead atoms. The maximum atomic E-state index is 13.5. The van der Waals surface area contributed by atoms with Crippen LogP contribution in [0.3, 0.4) is 0 Å². The van der Waals surface area contributed by atoms with Crippen molar-refractivity contribution in [1.82, 2.24) is 30.1 Å². The SMILES string of the molecule is CCc1ccc2[nH]c(=O)c([C@H](c3nnnn3C[C@H]3CCCO3)N3CCN(c4cccc(Cl)c4)CC3)cc2c1. The number of H-pyrrole nitrogens is 1. The molecule has 198 valence electrons. The van der Waals surface area contributed by atoms with Crippen molar-refractivity contribution in [2.75, 3.05) is 37.7 Å². The van der Waals surface area contributed by atoms with Crippen LogP contribution in [0.2, 0.25) is 5.02 Å². The Hall–Kier alpha value is -3.27. The summed E-state index contributed by atoms with van der Waals surface area (Å²) < 4.78 is 7.71. The van der Waals surface area contributed by atoms with Crippen LogP contribution in [0, 0.1) is 0 Å². The zero-order valence-corrected chi connectivity index (χ0v) is 22.3. The van der Waals surface area contributed by atoms with Gasteiger partial charge in [-0.1, -0.05) is 30.7 Å². The van der Waals surface area contributed by atoms with Crippen LogP contribution < -0.4 is 10.5 Å². The van der Waals surface area contributed by atoms with Gasteiger partial charge >= 0.3 is 0 Å². The van der Waals surface area contributed by atoms with E-state index in [2.05, 4.69) is 55.4 Å². The Balaban J connectivity index is 1.37. The van der Waals surface area contributed by atoms with Gasteiger partial charge in [-0.15, -0.1) is 5.10 Å². The Labute approximate surface area is 226 Å². The summed E-state index contributed by atoms with van der Waals surface area (Å²) in [5.74, 6) is 0.674. The first-order valence-electron chi connectivity index (χ1n) is 13.4. The Kier molecular flexibility index (Phi) is 7.14. The lowest BCUT2D eigenvalue weighted by atomic mass is 10.0. The van der Waals surface area contributed by atoms with E-state index in [-0.39, 0.29) is 17.7 Å². The summed E-state index contributed by atoms with van der Waals surface area (Å²) in [4.78, 5) is 21.3. The minimum absolute atomic E-state index is 0.0829. The van der Waals surface area contributed by atoms with Gasteiger partial charge in [-0.05, 0) is 77.0 Å². The molecule has 10 heteroatoms. The number of tetrazole rings is 1. The van der Waals surface area contributed by atoms with Crippen LogP contribution in [0.4, 0.5) is 5.69 Å². The molecule has 0 aliphatic carbocycles. The highest BCUT2D eigenvalue weighted by Crippen LogP contribution is 2.30. The molecule has 38 heavy (non-hydrogen) atoms. The van der Waals surface area contributed by atoms with E-state index in [1.807, 2.05) is 35.0 Å². The van der Waals surface area contributed by atoms with E-state index in [0.717, 1.165) is 73.7 Å². The quantitative estimate of drug-likeness (QED) is 0.386. The van der Waals surface area contributed by atoms with Crippen LogP contribution in [0.1, 0.15) is 42.8 Å². The summed E-state index contributed by atoms with van der Waals surface area (Å²) >= 11 is 6.25. The molecule has 0 saturated carbocycles. The normalized spacial score (nSPS) is 19.3. The number of aromatic nitrogens is 5. The van der Waals surface area contributed by atoms with Crippen molar-refractivity contribution in [2.45, 2.75) is 44.9 Å². The van der Waals surface area contributed by atoms with Gasteiger partial charge in [0.2, 0.25) is 0 Å². The van der Waals surface area contributed by atoms with Crippen LogP contribution in [0.25, 0.3) is 10.9 Å². The lowest BCUT2D eigenvalue weighted by Crippen LogP contribution is -2.49. The Morgan fingerprint density at radius 2 is 2.00 bits per heavy atom. The van der Waals surface area contributed by atoms with Crippen LogP contribution in [-0.4, -0.2) is 69.0 Å². The number of pyridine rings is 1. The molecule has 9 nitrogen and oxygen atoms in total. The Morgan fingerprint density at radius 3 is 2.76 bits per heavy atom. The van der Waals surface area contributed by atoms with Gasteiger partial charge in [0.1, 0.15) is 6.04 Å². The molecule has 2 aliphatic rings. The minimum Gasteiger partial charge on any atom is -0.376 e. The number of ether oxygens (including phenoxy) is 1. The molecular weight excluding hydrogens is 502 g/mol. The Morgan fingerprint density at radius 1 is 1.13 bits per heavy atom. The predicted molar refractivity (Wildman–Crippen MR) is 148 cm³/mol. The van der Waals surface area contributed by atoms with Gasteiger partial charge in [-0.25, -0.2) is 4.68 Å². The van der Waals surface area contributed by atoms with Crippen LogP contribution in [0.5, 0.6) is 0 Å². The molecule has 0 spiro atoms. The summed E-state index contributed by atoms with van der Waals surface area (Å²) in [6.07, 6.45) is 3.04. The number of nitrogens with zero attached hydrogens (tertiary/aromatic N) is 6. The minimum atomic E-state index is -0.383. The number of hydrogen-bond donors (Lipinski definition) is 1. The summed E-state index contributed by atoms with van der Waals surface area (Å²) in [5, 5.41) is 14.6. The summed E-state index contributed by atoms with van der Waals surface area (Å²) in [5.41, 5.74) is 3.71. The maximum Gasteiger partial charge on any atom is 0.253 e. The van der Waals surface area contributed by atoms with Gasteiger partial charge < -0.3 is 14.6 Å². The molecule has 0 radical (unpaired) electrons. The number of nitrogens with one attached hydrogen (secondary N) is 1. The molecular formula is C28H32ClN7O2. The van der Waals surface area contributed by atoms with Crippen molar-refractivity contribution in [2.24, 2.45) is 0 Å². The predicted octanol–water partition coefficient (Wildman–Crippen LogP) is 3.82. The first-order chi connectivity index (χ1) is 18.6. The van der Waals surface area contributed by atoms with Crippen molar-refractivity contribution in [1.29, 1.82) is 0 Å². The zero-order chi connectivity index (χ0) is 26.1. The standard InChI is InChI=1S/C28H32ClN7O2/c1-2-19-8-9-25-20(15-19)16-24(28(37)30-25)26(27-31-32-33-36(27)18-23-7-4-14-38-23)35-12-10-34(11-13-35)22-6-3-5-21(29)17-22/h3,5-6,8-9,15-17,23,26H,2,4,7,10-14,18H2,1H3,(H,30,37)/t23-,26-/m1/s1. The van der Waals surface area contributed by atoms with Gasteiger partial charge in [0.15, 0.2) is 5.82 Å². The Bertz CT molecular complexity index is 1470. The number of fused-ring (bicyclic) bond motifs is 1. The van der Waals surface area contributed by atoms with Gasteiger partial charge in [0.25, 0.3) is 5.56 Å². The van der Waals surface area contributed by atoms with E-state index in [0.29, 0.717) is 17.9 Å². The number of aromatic amines is 1. The molecule has 0 unspecified atom stereocenters. The second kappa shape index (κ2) is 10.8. The van der Waals surface area contributed by atoms with Crippen LogP contribution >= 0.6 is 11.6 Å². The average Bonchev–Trinajstić information content (AvgIpc) is 3.62. The lowest BCUT2D eigenvalue weighted by Gasteiger charge is -2.39. The van der Waals surface area contributed by atoms with E-state index in [1.54, 1.807) is 0 Å². The number of aryl methyl sites for hydroxylation is 1. The molecule has 2 saturated heterocycles. The van der Waals surface area contributed by atoms with Crippen LogP contribution in [-0.2, 0) is 17.7 Å². The summed E-state index contributed by atoms with van der Waals surface area (Å²) in [6.45, 7) is 6.57. The van der Waals surface area contributed by atoms with Gasteiger partial charge in [0.05, 0.1) is 12.6 Å². The third-order valence-corrected chi connectivity index (χ3v) is 7.93. The second-order valence-electron chi connectivity index (χ2n) is 10.1. The fourth-order valence-corrected chi connectivity index (χ4v) is 5.81. The van der Waals surface area contributed by atoms with E-state index < -0.39 is 0 Å². The number of piperazine rings is 1. The smallest absolute Gasteiger partial charge is 0.253 e. The third-order valence-electron chi connectivity index (χ3n) is 7.70. The van der Waals surface area contributed by atoms with Crippen molar-refractivity contribution in [3.05, 3.63) is 80.9 Å². The number of halogens is 1. The first-order valence-corrected chi connectivity index (χ1v) is 13.7. The fraction of sp³-hybridized carbons (Fsp3) is 0.429. The monoisotopic (exact) mass is 533 g/mol. The van der Waals surface area contributed by atoms with Crippen LogP contribution in [0.15, 0.2) is 53.3 Å². The molecule has 1 N–H and O–H groups in total. The van der Waals surface area contributed by atoms with E-state index in [1.165, 1.54) is 5.56 Å². The van der Waals surface area contributed by atoms with Crippen molar-refractivity contribution in [3.8, 4) is 0 Å². The third kappa shape index (κ3) is 5.06. The highest BCUT2D eigenvalue weighted by molar-refractivity contribution is 6.30. The summed E-state index contributed by atoms with van der Waals surface area (Å²) in [6, 6.07) is 15.8. The fourth-order valence-electron chi connectivity index (χ4n) is 5.62. The molecule has 6 rings (SSSR count). The molecule has 4 aromatic rings. The maximum absolute atomic E-state index is 13.5. The highest BCUT2D eigenvalue weighted by Gasteiger charge is 2.33. The van der Waals surface area contributed by atoms with Gasteiger partial charge in [-0.3, -0.25) is 9.69 Å². The lowest BCUT2D eigenvalue weighted by molar-refractivity contribution is 0.0906. The highest BCUT2D eigenvalue weighted by atomic mass is 35.5. The topological polar surface area (TPSA) is 92.2 Å². The zero-order valence-electron chi connectivity index (χ0n) is 21.5. The van der Waals surface area contributed by atoms with Gasteiger partial charge in [-0.2, -0.15) is 0 Å². The molecule has 2 fully saturated rings. The molecule has 2 aromatic carbocycles. The number of rotatable bonds is 7. The van der Waals surface area contributed by atoms with E-state index in [9.17, 15) is 4.79 Å². The molecule has 2 aliphatic heterocycles. The number of hydrogen-bond acceptors (Lipinski definition) is 7. The molecule has 2 aromatic heterocycles. The molecule has 0 amide bonds. The van der Waals surface area contributed by atoms with Crippen molar-refractivity contribution >= 4 is 28.2 Å². The summed E-state index contributed by atoms with van der Waals surface area (Å²) in [7, 11) is 0. The largest absolute Gasteiger partial charge is 0.376 e. The van der Waals surface area contributed by atoms with Crippen molar-refractivity contribution in [3.63, 3.8) is 0 Å². The van der Waals surface area contributed by atoms with E-state index >= 15 is 0 Å². The molecule has 4 heterocycles. The van der Waals surface area contributed by atoms with Crippen molar-refractivity contribution < 1.29 is 4.74 Å². The van der Waals surface area contributed by atoms with E-state index in [4.69, 9.17) is 16.3 Å². The van der Waals surface area contributed by atoms with Gasteiger partial charge in [0, 0.05) is 54.6 Å².